The first-order valence-electron chi connectivity index (χ1n) is 7.33. The van der Waals surface area contributed by atoms with Gasteiger partial charge in [-0.1, -0.05) is 18.2 Å². The Kier molecular flexibility index (Phi) is 4.30. The van der Waals surface area contributed by atoms with Gasteiger partial charge in [-0.15, -0.1) is 0 Å². The van der Waals surface area contributed by atoms with E-state index in [-0.39, 0.29) is 0 Å². The summed E-state index contributed by atoms with van der Waals surface area (Å²) in [7, 11) is 3.31. The smallest absolute Gasteiger partial charge is 0.128 e. The maximum absolute atomic E-state index is 5.78. The largest absolute Gasteiger partial charge is 0.497 e. The van der Waals surface area contributed by atoms with Gasteiger partial charge in [-0.25, -0.2) is 4.68 Å². The predicted molar refractivity (Wildman–Crippen MR) is 90.0 cm³/mol. The molecule has 0 amide bonds. The molecule has 2 N–H and O–H groups in total. The Morgan fingerprint density at radius 1 is 1.00 bits per heavy atom. The Labute approximate surface area is 135 Å². The van der Waals surface area contributed by atoms with Gasteiger partial charge in [0.15, 0.2) is 0 Å². The Hall–Kier alpha value is -2.79. The van der Waals surface area contributed by atoms with Crippen molar-refractivity contribution in [1.82, 2.24) is 9.78 Å². The van der Waals surface area contributed by atoms with Crippen molar-refractivity contribution in [3.8, 4) is 28.4 Å². The summed E-state index contributed by atoms with van der Waals surface area (Å²) in [5.74, 6) is 1.57. The van der Waals surface area contributed by atoms with E-state index in [2.05, 4.69) is 5.10 Å². The molecule has 2 aromatic carbocycles. The van der Waals surface area contributed by atoms with Crippen molar-refractivity contribution in [3.63, 3.8) is 0 Å². The summed E-state index contributed by atoms with van der Waals surface area (Å²) in [4.78, 5) is 0. The van der Waals surface area contributed by atoms with Gasteiger partial charge in [0.1, 0.15) is 11.5 Å². The molecule has 0 saturated heterocycles. The van der Waals surface area contributed by atoms with Gasteiger partial charge in [0, 0.05) is 18.2 Å². The van der Waals surface area contributed by atoms with Gasteiger partial charge in [0.25, 0.3) is 0 Å². The predicted octanol–water partition coefficient (Wildman–Crippen LogP) is 3.02. The molecular formula is C18H19N3O2. The molecule has 5 nitrogen and oxygen atoms in total. The molecular weight excluding hydrogens is 290 g/mol. The summed E-state index contributed by atoms with van der Waals surface area (Å²) in [6.45, 7) is 0.374. The van der Waals surface area contributed by atoms with Crippen molar-refractivity contribution in [2.45, 2.75) is 6.54 Å². The van der Waals surface area contributed by atoms with Crippen LogP contribution in [0.25, 0.3) is 16.9 Å². The molecule has 0 atom stereocenters. The number of hydrogen-bond donors (Lipinski definition) is 1. The van der Waals surface area contributed by atoms with Crippen LogP contribution in [0.1, 0.15) is 5.69 Å². The van der Waals surface area contributed by atoms with E-state index in [4.69, 9.17) is 15.2 Å². The molecule has 0 bridgehead atoms. The van der Waals surface area contributed by atoms with Crippen LogP contribution in [0, 0.1) is 0 Å². The summed E-state index contributed by atoms with van der Waals surface area (Å²) >= 11 is 0. The van der Waals surface area contributed by atoms with Crippen LogP contribution in [-0.4, -0.2) is 24.0 Å². The summed E-state index contributed by atoms with van der Waals surface area (Å²) in [6, 6.07) is 17.6. The third-order valence-corrected chi connectivity index (χ3v) is 3.65. The Morgan fingerprint density at radius 3 is 2.57 bits per heavy atom. The van der Waals surface area contributed by atoms with E-state index < -0.39 is 0 Å². The average Bonchev–Trinajstić information content (AvgIpc) is 3.06. The monoisotopic (exact) mass is 309 g/mol. The molecule has 0 fully saturated rings. The Bertz CT molecular complexity index is 812. The van der Waals surface area contributed by atoms with Crippen molar-refractivity contribution in [2.75, 3.05) is 14.2 Å². The second kappa shape index (κ2) is 6.54. The number of ether oxygens (including phenoxy) is 2. The summed E-state index contributed by atoms with van der Waals surface area (Å²) in [5, 5.41) is 4.61. The van der Waals surface area contributed by atoms with Crippen molar-refractivity contribution in [3.05, 3.63) is 60.3 Å². The molecule has 5 heteroatoms. The van der Waals surface area contributed by atoms with Gasteiger partial charge in [-0.3, -0.25) is 0 Å². The third kappa shape index (κ3) is 2.91. The van der Waals surface area contributed by atoms with E-state index in [1.165, 1.54) is 0 Å². The lowest BCUT2D eigenvalue weighted by Gasteiger charge is -2.11. The van der Waals surface area contributed by atoms with Crippen LogP contribution in [0.4, 0.5) is 0 Å². The van der Waals surface area contributed by atoms with Crippen molar-refractivity contribution < 1.29 is 9.47 Å². The quantitative estimate of drug-likeness (QED) is 0.787. The van der Waals surface area contributed by atoms with Gasteiger partial charge >= 0.3 is 0 Å². The summed E-state index contributed by atoms with van der Waals surface area (Å²) < 4.78 is 12.7. The Morgan fingerprint density at radius 2 is 1.83 bits per heavy atom. The molecule has 1 aromatic heterocycles. The van der Waals surface area contributed by atoms with Crippen molar-refractivity contribution in [2.24, 2.45) is 5.73 Å². The number of para-hydroxylation sites is 1. The first-order chi connectivity index (χ1) is 11.3. The van der Waals surface area contributed by atoms with Gasteiger partial charge in [-0.2, -0.15) is 5.10 Å². The highest BCUT2D eigenvalue weighted by molar-refractivity contribution is 5.69. The van der Waals surface area contributed by atoms with Crippen LogP contribution in [0.15, 0.2) is 54.6 Å². The first-order valence-corrected chi connectivity index (χ1v) is 7.33. The Balaban J connectivity index is 2.19. The zero-order chi connectivity index (χ0) is 16.2. The van der Waals surface area contributed by atoms with E-state index in [0.29, 0.717) is 6.54 Å². The van der Waals surface area contributed by atoms with E-state index in [1.807, 2.05) is 59.3 Å². The number of hydrogen-bond acceptors (Lipinski definition) is 4. The maximum atomic E-state index is 5.78. The number of aromatic nitrogens is 2. The lowest BCUT2D eigenvalue weighted by Crippen LogP contribution is -2.02. The number of methoxy groups -OCH3 is 2. The minimum Gasteiger partial charge on any atom is -0.497 e. The molecule has 1 heterocycles. The zero-order valence-corrected chi connectivity index (χ0v) is 13.2. The van der Waals surface area contributed by atoms with Gasteiger partial charge in [0.2, 0.25) is 0 Å². The van der Waals surface area contributed by atoms with Crippen LogP contribution in [0.2, 0.25) is 0 Å². The molecule has 0 spiro atoms. The standard InChI is InChI=1S/C18H19N3O2/c1-22-15-7-5-6-14(11-15)21-17(10-13(12-19)20-21)16-8-3-4-9-18(16)23-2/h3-11H,12,19H2,1-2H3. The molecule has 3 rings (SSSR count). The van der Waals surface area contributed by atoms with Crippen LogP contribution >= 0.6 is 0 Å². The highest BCUT2D eigenvalue weighted by Crippen LogP contribution is 2.32. The van der Waals surface area contributed by atoms with E-state index in [1.54, 1.807) is 14.2 Å². The number of benzene rings is 2. The SMILES string of the molecule is COc1cccc(-n2nc(CN)cc2-c2ccccc2OC)c1. The third-order valence-electron chi connectivity index (χ3n) is 3.65. The molecule has 0 unspecified atom stereocenters. The van der Waals surface area contributed by atoms with Crippen LogP contribution in [0.5, 0.6) is 11.5 Å². The van der Waals surface area contributed by atoms with Crippen molar-refractivity contribution in [1.29, 1.82) is 0 Å². The topological polar surface area (TPSA) is 62.3 Å². The van der Waals surface area contributed by atoms with Crippen LogP contribution in [0.3, 0.4) is 0 Å². The molecule has 0 radical (unpaired) electrons. The second-order valence-electron chi connectivity index (χ2n) is 5.04. The van der Waals surface area contributed by atoms with Gasteiger partial charge in [0.05, 0.1) is 31.3 Å². The lowest BCUT2D eigenvalue weighted by molar-refractivity contribution is 0.414. The fourth-order valence-corrected chi connectivity index (χ4v) is 2.52. The minimum atomic E-state index is 0.374. The van der Waals surface area contributed by atoms with E-state index in [9.17, 15) is 0 Å². The molecule has 23 heavy (non-hydrogen) atoms. The fourth-order valence-electron chi connectivity index (χ4n) is 2.52. The number of nitrogens with two attached hydrogens (primary N) is 1. The molecule has 0 saturated carbocycles. The first kappa shape index (κ1) is 15.1. The van der Waals surface area contributed by atoms with Gasteiger partial charge in [-0.05, 0) is 30.3 Å². The molecule has 0 aliphatic carbocycles. The summed E-state index contributed by atoms with van der Waals surface area (Å²) in [6.07, 6.45) is 0. The van der Waals surface area contributed by atoms with E-state index >= 15 is 0 Å². The second-order valence-corrected chi connectivity index (χ2v) is 5.04. The fraction of sp³-hybridized carbons (Fsp3) is 0.167. The normalized spacial score (nSPS) is 10.6. The lowest BCUT2D eigenvalue weighted by atomic mass is 10.1. The minimum absolute atomic E-state index is 0.374. The van der Waals surface area contributed by atoms with Crippen LogP contribution < -0.4 is 15.2 Å². The highest BCUT2D eigenvalue weighted by atomic mass is 16.5. The van der Waals surface area contributed by atoms with E-state index in [0.717, 1.165) is 34.1 Å². The maximum Gasteiger partial charge on any atom is 0.128 e. The zero-order valence-electron chi connectivity index (χ0n) is 13.2. The molecule has 0 aliphatic heterocycles. The van der Waals surface area contributed by atoms with Crippen molar-refractivity contribution >= 4 is 0 Å². The summed E-state index contributed by atoms with van der Waals surface area (Å²) in [5.41, 5.74) is 9.39. The van der Waals surface area contributed by atoms with Gasteiger partial charge < -0.3 is 15.2 Å². The molecule has 118 valence electrons. The average molecular weight is 309 g/mol. The number of nitrogens with zero attached hydrogens (tertiary/aromatic N) is 2. The number of rotatable bonds is 5. The van der Waals surface area contributed by atoms with Crippen LogP contribution in [-0.2, 0) is 6.54 Å². The molecule has 0 aliphatic rings. The molecule has 3 aromatic rings. The highest BCUT2D eigenvalue weighted by Gasteiger charge is 2.15.